The maximum atomic E-state index is 13.2. The van der Waals surface area contributed by atoms with Gasteiger partial charge in [-0.3, -0.25) is 4.79 Å². The van der Waals surface area contributed by atoms with Crippen LogP contribution in [0.3, 0.4) is 0 Å². The summed E-state index contributed by atoms with van der Waals surface area (Å²) < 4.78 is 78.8. The highest BCUT2D eigenvalue weighted by molar-refractivity contribution is 5.83. The number of nitrogens with one attached hydrogen (secondary N) is 2. The summed E-state index contributed by atoms with van der Waals surface area (Å²) in [5, 5.41) is 15.9. The summed E-state index contributed by atoms with van der Waals surface area (Å²) in [6.45, 7) is 3.40. The first kappa shape index (κ1) is 26.8. The summed E-state index contributed by atoms with van der Waals surface area (Å²) in [4.78, 5) is 13.2. The molecule has 1 aromatic rings. The van der Waals surface area contributed by atoms with E-state index in [2.05, 4.69) is 10.6 Å². The molecule has 0 saturated heterocycles. The van der Waals surface area contributed by atoms with E-state index in [9.17, 15) is 36.2 Å². The minimum Gasteiger partial charge on any atom is -0.393 e. The lowest BCUT2D eigenvalue weighted by molar-refractivity contribution is -0.143. The summed E-state index contributed by atoms with van der Waals surface area (Å²) in [6.07, 6.45) is -5.06. The summed E-state index contributed by atoms with van der Waals surface area (Å²) in [5.41, 5.74) is -3.79. The Kier molecular flexibility index (Phi) is 7.92. The quantitative estimate of drug-likeness (QED) is 0.463. The van der Waals surface area contributed by atoms with E-state index in [1.165, 1.54) is 0 Å². The molecule has 0 heterocycles. The van der Waals surface area contributed by atoms with Crippen LogP contribution in [0.15, 0.2) is 18.2 Å². The molecule has 2 saturated carbocycles. The van der Waals surface area contributed by atoms with Crippen LogP contribution in [0.4, 0.5) is 26.3 Å². The number of aliphatic hydroxyl groups excluding tert-OH is 1. The standard InChI is InChI=1S/C24H32F6N2O2/c1-14(2)22(8-7-19(12-22)32-18-3-5-20(33)6-4-18)21(34)31-13-15-9-16(23(25,26)27)11-17(10-15)24(28,29)30/h9-11,14,18-20,32-33H,3-8,12-13H2,1-2H3,(H,31,34)/t18-,19?,20-,22?. The first-order chi connectivity index (χ1) is 15.7. The number of hydrogen-bond acceptors (Lipinski definition) is 3. The van der Waals surface area contributed by atoms with Crippen LogP contribution >= 0.6 is 0 Å². The minimum atomic E-state index is -4.93. The fourth-order valence-electron chi connectivity index (χ4n) is 5.27. The second-order valence-electron chi connectivity index (χ2n) is 10.0. The minimum absolute atomic E-state index is 0.0558. The van der Waals surface area contributed by atoms with Gasteiger partial charge in [-0.25, -0.2) is 0 Å². The fraction of sp³-hybridized carbons (Fsp3) is 0.708. The smallest absolute Gasteiger partial charge is 0.393 e. The molecule has 3 N–H and O–H groups in total. The number of benzene rings is 1. The second-order valence-corrected chi connectivity index (χ2v) is 10.0. The molecule has 0 spiro atoms. The fourth-order valence-corrected chi connectivity index (χ4v) is 5.27. The number of carbonyl (C=O) groups excluding carboxylic acids is 1. The number of alkyl halides is 6. The zero-order valence-corrected chi connectivity index (χ0v) is 19.3. The molecule has 0 aromatic heterocycles. The topological polar surface area (TPSA) is 61.4 Å². The van der Waals surface area contributed by atoms with E-state index in [-0.39, 0.29) is 41.6 Å². The van der Waals surface area contributed by atoms with Crippen LogP contribution in [0.2, 0.25) is 0 Å². The molecule has 0 bridgehead atoms. The van der Waals surface area contributed by atoms with E-state index in [0.29, 0.717) is 25.0 Å². The van der Waals surface area contributed by atoms with Crippen LogP contribution < -0.4 is 10.6 Å². The van der Waals surface area contributed by atoms with Gasteiger partial charge in [-0.1, -0.05) is 13.8 Å². The van der Waals surface area contributed by atoms with Crippen molar-refractivity contribution in [1.29, 1.82) is 0 Å². The molecule has 2 aliphatic rings. The summed E-state index contributed by atoms with van der Waals surface area (Å²) in [6, 6.07) is 1.74. The Morgan fingerprint density at radius 1 is 0.971 bits per heavy atom. The average Bonchev–Trinajstić information content (AvgIpc) is 3.17. The van der Waals surface area contributed by atoms with Crippen LogP contribution in [0, 0.1) is 11.3 Å². The molecule has 2 unspecified atom stereocenters. The largest absolute Gasteiger partial charge is 0.416 e. The van der Waals surface area contributed by atoms with Gasteiger partial charge in [-0.05, 0) is 74.6 Å². The van der Waals surface area contributed by atoms with Gasteiger partial charge in [0.2, 0.25) is 5.91 Å². The molecule has 2 fully saturated rings. The lowest BCUT2D eigenvalue weighted by atomic mass is 9.74. The molecule has 2 atom stereocenters. The third kappa shape index (κ3) is 6.24. The van der Waals surface area contributed by atoms with Crippen molar-refractivity contribution in [3.63, 3.8) is 0 Å². The van der Waals surface area contributed by atoms with Crippen LogP contribution in [-0.4, -0.2) is 29.2 Å². The Morgan fingerprint density at radius 3 is 2.03 bits per heavy atom. The van der Waals surface area contributed by atoms with Crippen molar-refractivity contribution in [2.75, 3.05) is 0 Å². The Morgan fingerprint density at radius 2 is 1.53 bits per heavy atom. The molecule has 1 aromatic carbocycles. The molecule has 0 aliphatic heterocycles. The Hall–Kier alpha value is -1.81. The molecular weight excluding hydrogens is 462 g/mol. The van der Waals surface area contributed by atoms with Crippen LogP contribution in [0.1, 0.15) is 75.5 Å². The van der Waals surface area contributed by atoms with Crippen LogP contribution in [-0.2, 0) is 23.7 Å². The number of halogens is 6. The van der Waals surface area contributed by atoms with Crippen molar-refractivity contribution in [2.45, 2.75) is 95.9 Å². The van der Waals surface area contributed by atoms with Crippen molar-refractivity contribution >= 4 is 5.91 Å². The first-order valence-corrected chi connectivity index (χ1v) is 11.7. The van der Waals surface area contributed by atoms with Gasteiger partial charge in [-0.15, -0.1) is 0 Å². The zero-order chi connectivity index (χ0) is 25.3. The molecule has 34 heavy (non-hydrogen) atoms. The van der Waals surface area contributed by atoms with E-state index >= 15 is 0 Å². The van der Waals surface area contributed by atoms with Crippen molar-refractivity contribution in [1.82, 2.24) is 10.6 Å². The van der Waals surface area contributed by atoms with Gasteiger partial charge >= 0.3 is 12.4 Å². The molecule has 3 rings (SSSR count). The first-order valence-electron chi connectivity index (χ1n) is 11.7. The van der Waals surface area contributed by atoms with Gasteiger partial charge in [0.25, 0.3) is 0 Å². The highest BCUT2D eigenvalue weighted by Crippen LogP contribution is 2.45. The average molecular weight is 495 g/mol. The van der Waals surface area contributed by atoms with Gasteiger partial charge < -0.3 is 15.7 Å². The maximum Gasteiger partial charge on any atom is 0.416 e. The number of hydrogen-bond donors (Lipinski definition) is 3. The van der Waals surface area contributed by atoms with Crippen LogP contribution in [0.5, 0.6) is 0 Å². The zero-order valence-electron chi connectivity index (χ0n) is 19.3. The Balaban J connectivity index is 1.70. The normalized spacial score (nSPS) is 28.4. The second kappa shape index (κ2) is 10.0. The monoisotopic (exact) mass is 494 g/mol. The molecule has 0 radical (unpaired) electrons. The van der Waals surface area contributed by atoms with Gasteiger partial charge in [0.1, 0.15) is 0 Å². The SMILES string of the molecule is CC(C)C1(C(=O)NCc2cc(C(F)(F)F)cc(C(F)(F)F)c2)CCC(N[C@H]2CC[C@H](O)CC2)C1. The van der Waals surface area contributed by atoms with Gasteiger partial charge in [-0.2, -0.15) is 26.3 Å². The third-order valence-corrected chi connectivity index (χ3v) is 7.38. The molecule has 10 heteroatoms. The van der Waals surface area contributed by atoms with Crippen molar-refractivity contribution in [3.8, 4) is 0 Å². The molecular formula is C24H32F6N2O2. The van der Waals surface area contributed by atoms with Crippen LogP contribution in [0.25, 0.3) is 0 Å². The molecule has 2 aliphatic carbocycles. The summed E-state index contributed by atoms with van der Waals surface area (Å²) in [5.74, 6) is -0.406. The number of amides is 1. The number of aliphatic hydroxyl groups is 1. The van der Waals surface area contributed by atoms with Crippen molar-refractivity contribution in [3.05, 3.63) is 34.9 Å². The van der Waals surface area contributed by atoms with Gasteiger partial charge in [0.15, 0.2) is 0 Å². The van der Waals surface area contributed by atoms with Crippen molar-refractivity contribution < 1.29 is 36.2 Å². The predicted octanol–water partition coefficient (Wildman–Crippen LogP) is 5.43. The molecule has 192 valence electrons. The van der Waals surface area contributed by atoms with Gasteiger partial charge in [0, 0.05) is 18.6 Å². The summed E-state index contributed by atoms with van der Waals surface area (Å²) >= 11 is 0. The number of carbonyl (C=O) groups is 1. The van der Waals surface area contributed by atoms with Crippen molar-refractivity contribution in [2.24, 2.45) is 11.3 Å². The lowest BCUT2D eigenvalue weighted by Gasteiger charge is -2.34. The molecule has 1 amide bonds. The number of rotatable bonds is 6. The summed E-state index contributed by atoms with van der Waals surface area (Å²) in [7, 11) is 0. The molecule has 4 nitrogen and oxygen atoms in total. The van der Waals surface area contributed by atoms with E-state index in [4.69, 9.17) is 0 Å². The van der Waals surface area contributed by atoms with E-state index < -0.39 is 35.4 Å². The van der Waals surface area contributed by atoms with E-state index in [1.54, 1.807) is 0 Å². The Labute approximate surface area is 195 Å². The highest BCUT2D eigenvalue weighted by atomic mass is 19.4. The van der Waals surface area contributed by atoms with E-state index in [1.807, 2.05) is 13.8 Å². The third-order valence-electron chi connectivity index (χ3n) is 7.38. The lowest BCUT2D eigenvalue weighted by Crippen LogP contribution is -2.45. The van der Waals surface area contributed by atoms with E-state index in [0.717, 1.165) is 32.1 Å². The highest BCUT2D eigenvalue weighted by Gasteiger charge is 2.47. The van der Waals surface area contributed by atoms with Gasteiger partial charge in [0.05, 0.1) is 22.6 Å². The maximum absolute atomic E-state index is 13.2. The Bertz CT molecular complexity index is 830. The predicted molar refractivity (Wildman–Crippen MR) is 115 cm³/mol.